The van der Waals surface area contributed by atoms with Gasteiger partial charge in [0.05, 0.1) is 29.0 Å². The van der Waals surface area contributed by atoms with E-state index in [4.69, 9.17) is 9.97 Å². The first-order valence-electron chi connectivity index (χ1n) is 23.7. The molecular weight excluding hydrogens is 837 g/mol. The Balaban J connectivity index is 0.903. The van der Waals surface area contributed by atoms with Crippen molar-refractivity contribution in [2.75, 3.05) is 6.61 Å². The lowest BCUT2D eigenvalue weighted by molar-refractivity contribution is 0.282. The lowest BCUT2D eigenvalue weighted by atomic mass is 9.87. The molecule has 1 unspecified atom stereocenters. The highest BCUT2D eigenvalue weighted by atomic mass is 16.3. The SMILES string of the molecule is OCC1c2ccc(-c3ccccc3)cc2-c2cc(-c3ccccc3)cc(-c3ccc(-c4ccc(-c5nc6c7ccccc7c7ccccc7c6nc5-c5ccc(-c6ccccc6)cc5)cc4)cc3)c21. The van der Waals surface area contributed by atoms with E-state index < -0.39 is 0 Å². The van der Waals surface area contributed by atoms with Gasteiger partial charge in [0.1, 0.15) is 0 Å². The molecule has 324 valence electrons. The maximum Gasteiger partial charge on any atom is 0.0979 e. The van der Waals surface area contributed by atoms with E-state index in [-0.39, 0.29) is 12.5 Å². The molecule has 0 fully saturated rings. The summed E-state index contributed by atoms with van der Waals surface area (Å²) in [5, 5.41) is 15.6. The molecule has 0 radical (unpaired) electrons. The third-order valence-corrected chi connectivity index (χ3v) is 14.1. The zero-order valence-corrected chi connectivity index (χ0v) is 37.7. The van der Waals surface area contributed by atoms with Crippen LogP contribution in [0.15, 0.2) is 243 Å². The second kappa shape index (κ2) is 16.8. The molecule has 69 heavy (non-hydrogen) atoms. The van der Waals surface area contributed by atoms with Gasteiger partial charge in [-0.25, -0.2) is 9.97 Å². The van der Waals surface area contributed by atoms with Gasteiger partial charge >= 0.3 is 0 Å². The van der Waals surface area contributed by atoms with Crippen LogP contribution in [0, 0.1) is 0 Å². The number of hydrogen-bond acceptors (Lipinski definition) is 3. The minimum atomic E-state index is -0.131. The summed E-state index contributed by atoms with van der Waals surface area (Å²) in [5.41, 5.74) is 21.7. The van der Waals surface area contributed by atoms with Gasteiger partial charge < -0.3 is 5.11 Å². The predicted octanol–water partition coefficient (Wildman–Crippen LogP) is 16.7. The molecule has 0 aliphatic heterocycles. The number of rotatable bonds is 8. The zero-order chi connectivity index (χ0) is 45.8. The summed E-state index contributed by atoms with van der Waals surface area (Å²) in [6.45, 7) is 0.0297. The molecule has 0 bridgehead atoms. The summed E-state index contributed by atoms with van der Waals surface area (Å²) in [4.78, 5) is 11.1. The second-order valence-electron chi connectivity index (χ2n) is 18.1. The van der Waals surface area contributed by atoms with Crippen molar-refractivity contribution in [3.8, 4) is 89.3 Å². The van der Waals surface area contributed by atoms with Gasteiger partial charge in [0.2, 0.25) is 0 Å². The molecule has 13 rings (SSSR count). The fourth-order valence-electron chi connectivity index (χ4n) is 10.7. The second-order valence-corrected chi connectivity index (χ2v) is 18.1. The fourth-order valence-corrected chi connectivity index (χ4v) is 10.7. The number of hydrogen-bond donors (Lipinski definition) is 1. The summed E-state index contributed by atoms with van der Waals surface area (Å²) in [6.07, 6.45) is 0. The molecule has 1 aromatic heterocycles. The van der Waals surface area contributed by atoms with Crippen molar-refractivity contribution >= 4 is 32.6 Å². The Kier molecular flexibility index (Phi) is 9.89. The minimum Gasteiger partial charge on any atom is -0.395 e. The van der Waals surface area contributed by atoms with E-state index in [2.05, 4.69) is 237 Å². The van der Waals surface area contributed by atoms with E-state index in [1.54, 1.807) is 0 Å². The zero-order valence-electron chi connectivity index (χ0n) is 37.7. The maximum absolute atomic E-state index is 11.1. The molecule has 3 heteroatoms. The molecule has 0 amide bonds. The molecule has 11 aromatic carbocycles. The van der Waals surface area contributed by atoms with E-state index in [1.165, 1.54) is 49.7 Å². The van der Waals surface area contributed by atoms with Gasteiger partial charge in [-0.15, -0.1) is 0 Å². The summed E-state index contributed by atoms with van der Waals surface area (Å²) in [5.74, 6) is -0.131. The number of nitrogens with zero attached hydrogens (tertiary/aromatic N) is 2. The van der Waals surface area contributed by atoms with Gasteiger partial charge in [0.25, 0.3) is 0 Å². The smallest absolute Gasteiger partial charge is 0.0979 e. The molecular formula is C66H44N2O. The molecule has 1 aliphatic carbocycles. The highest BCUT2D eigenvalue weighted by Gasteiger charge is 2.32. The molecule has 1 atom stereocenters. The van der Waals surface area contributed by atoms with Crippen molar-refractivity contribution in [2.45, 2.75) is 5.92 Å². The number of aliphatic hydroxyl groups excluding tert-OH is 1. The Morgan fingerprint density at radius 1 is 0.290 bits per heavy atom. The molecule has 1 heterocycles. The summed E-state index contributed by atoms with van der Waals surface area (Å²) >= 11 is 0. The van der Waals surface area contributed by atoms with E-state index in [0.29, 0.717) is 0 Å². The van der Waals surface area contributed by atoms with Crippen molar-refractivity contribution in [3.63, 3.8) is 0 Å². The van der Waals surface area contributed by atoms with Gasteiger partial charge in [-0.1, -0.05) is 224 Å². The average Bonchev–Trinajstić information content (AvgIpc) is 3.76. The summed E-state index contributed by atoms with van der Waals surface area (Å²) < 4.78 is 0. The molecule has 12 aromatic rings. The van der Waals surface area contributed by atoms with Crippen molar-refractivity contribution in [3.05, 3.63) is 254 Å². The average molecular weight is 881 g/mol. The van der Waals surface area contributed by atoms with E-state index in [1.807, 2.05) is 6.07 Å². The van der Waals surface area contributed by atoms with Gasteiger partial charge in [-0.3, -0.25) is 0 Å². The highest BCUT2D eigenvalue weighted by Crippen LogP contribution is 2.51. The van der Waals surface area contributed by atoms with E-state index in [9.17, 15) is 5.11 Å². The van der Waals surface area contributed by atoms with Crippen LogP contribution in [0.2, 0.25) is 0 Å². The number of benzene rings is 11. The quantitative estimate of drug-likeness (QED) is 0.155. The monoisotopic (exact) mass is 880 g/mol. The van der Waals surface area contributed by atoms with Crippen LogP contribution in [0.25, 0.3) is 122 Å². The maximum atomic E-state index is 11.1. The van der Waals surface area contributed by atoms with Gasteiger partial charge in [-0.2, -0.15) is 0 Å². The van der Waals surface area contributed by atoms with Crippen LogP contribution in [0.5, 0.6) is 0 Å². The first kappa shape index (κ1) is 40.5. The van der Waals surface area contributed by atoms with Gasteiger partial charge in [0.15, 0.2) is 0 Å². The van der Waals surface area contributed by atoms with Crippen molar-refractivity contribution in [1.82, 2.24) is 9.97 Å². The van der Waals surface area contributed by atoms with Gasteiger partial charge in [-0.05, 0) is 107 Å². The van der Waals surface area contributed by atoms with Crippen LogP contribution in [0.1, 0.15) is 17.0 Å². The Morgan fingerprint density at radius 2 is 0.638 bits per heavy atom. The Labute approximate surface area is 401 Å². The number of aliphatic hydroxyl groups is 1. The minimum absolute atomic E-state index is 0.0297. The third-order valence-electron chi connectivity index (χ3n) is 14.1. The molecule has 1 aliphatic rings. The first-order chi connectivity index (χ1) is 34.2. The highest BCUT2D eigenvalue weighted by molar-refractivity contribution is 6.23. The lowest BCUT2D eigenvalue weighted by Gasteiger charge is -2.18. The van der Waals surface area contributed by atoms with Crippen molar-refractivity contribution < 1.29 is 5.11 Å². The van der Waals surface area contributed by atoms with Crippen LogP contribution in [0.3, 0.4) is 0 Å². The number of aromatic nitrogens is 2. The summed E-state index contributed by atoms with van der Waals surface area (Å²) in [7, 11) is 0. The largest absolute Gasteiger partial charge is 0.395 e. The number of fused-ring (bicyclic) bond motifs is 9. The van der Waals surface area contributed by atoms with Crippen LogP contribution in [-0.4, -0.2) is 21.7 Å². The van der Waals surface area contributed by atoms with Crippen molar-refractivity contribution in [1.29, 1.82) is 0 Å². The first-order valence-corrected chi connectivity index (χ1v) is 23.7. The fraction of sp³-hybridized carbons (Fsp3) is 0.0303. The molecule has 0 spiro atoms. The van der Waals surface area contributed by atoms with Gasteiger partial charge in [0, 0.05) is 27.8 Å². The molecule has 0 saturated carbocycles. The van der Waals surface area contributed by atoms with E-state index >= 15 is 0 Å². The third kappa shape index (κ3) is 7.02. The Bertz CT molecular complexity index is 3890. The normalized spacial score (nSPS) is 12.9. The Hall–Kier alpha value is -8.76. The standard InChI is InChI=1S/C66H44N2O/c69-41-61-55-37-36-51(43-16-6-2-7-17-43)38-59(55)60-40-52(44-18-8-3-9-19-44)39-58(62(60)61)48-30-24-46(25-31-48)47-28-34-50(35-29-47)64-63(49-32-26-45(27-33-49)42-14-4-1-5-15-42)67-65-56-22-12-10-20-53(56)54-21-11-13-23-57(54)66(65)68-64/h1-40,61,69H,41H2. The van der Waals surface area contributed by atoms with Crippen LogP contribution in [0.4, 0.5) is 0 Å². The lowest BCUT2D eigenvalue weighted by Crippen LogP contribution is -2.04. The summed E-state index contributed by atoms with van der Waals surface area (Å²) in [6, 6.07) is 86.5. The van der Waals surface area contributed by atoms with Crippen molar-refractivity contribution in [2.24, 2.45) is 0 Å². The van der Waals surface area contributed by atoms with E-state index in [0.717, 1.165) is 83.3 Å². The Morgan fingerprint density at radius 3 is 1.12 bits per heavy atom. The van der Waals surface area contributed by atoms with Crippen LogP contribution < -0.4 is 0 Å². The van der Waals surface area contributed by atoms with Crippen LogP contribution >= 0.6 is 0 Å². The molecule has 1 N–H and O–H groups in total. The van der Waals surface area contributed by atoms with Crippen LogP contribution in [-0.2, 0) is 0 Å². The molecule has 0 saturated heterocycles. The predicted molar refractivity (Wildman–Crippen MR) is 287 cm³/mol. The topological polar surface area (TPSA) is 46.0 Å². The molecule has 3 nitrogen and oxygen atoms in total.